The number of urea groups is 1. The largest absolute Gasteiger partial charge is 0.497 e. The number of hydrogen-bond acceptors (Lipinski definition) is 4. The van der Waals surface area contributed by atoms with Crippen molar-refractivity contribution in [2.75, 3.05) is 16.9 Å². The number of carbonyl (C=O) groups excluding carboxylic acids is 3. The van der Waals surface area contributed by atoms with Crippen LogP contribution >= 0.6 is 0 Å². The highest BCUT2D eigenvalue weighted by Gasteiger charge is 2.43. The van der Waals surface area contributed by atoms with E-state index in [0.29, 0.717) is 16.9 Å². The van der Waals surface area contributed by atoms with Gasteiger partial charge in [-0.05, 0) is 66.2 Å². The van der Waals surface area contributed by atoms with E-state index in [1.165, 1.54) is 6.08 Å². The first-order valence-electron chi connectivity index (χ1n) is 10.9. The van der Waals surface area contributed by atoms with Crippen LogP contribution in [0, 0.1) is 0 Å². The predicted octanol–water partition coefficient (Wildman–Crippen LogP) is 5.07. The Labute approximate surface area is 202 Å². The molecule has 2 heterocycles. The number of para-hydroxylation sites is 2. The summed E-state index contributed by atoms with van der Waals surface area (Å²) in [5.41, 5.74) is 2.21. The van der Waals surface area contributed by atoms with Gasteiger partial charge >= 0.3 is 6.03 Å². The smallest absolute Gasteiger partial charge is 0.343 e. The molecule has 4 amide bonds. The summed E-state index contributed by atoms with van der Waals surface area (Å²) in [6, 6.07) is 25.7. The Morgan fingerprint density at radius 3 is 1.71 bits per heavy atom. The summed E-state index contributed by atoms with van der Waals surface area (Å²) < 4.78 is 7.08. The van der Waals surface area contributed by atoms with Gasteiger partial charge in [-0.15, -0.1) is 0 Å². The summed E-state index contributed by atoms with van der Waals surface area (Å²) in [5.74, 6) is -0.598. The fraction of sp³-hybridized carbons (Fsp3) is 0.0357. The first-order chi connectivity index (χ1) is 17.1. The number of benzene rings is 3. The number of nitrogens with zero attached hydrogens (tertiary/aromatic N) is 3. The Kier molecular flexibility index (Phi) is 5.73. The fourth-order valence-corrected chi connectivity index (χ4v) is 3.92. The predicted molar refractivity (Wildman–Crippen MR) is 134 cm³/mol. The van der Waals surface area contributed by atoms with E-state index in [1.807, 2.05) is 41.2 Å². The van der Waals surface area contributed by atoms with E-state index in [4.69, 9.17) is 4.74 Å². The molecule has 1 aromatic heterocycles. The third kappa shape index (κ3) is 4.11. The highest BCUT2D eigenvalue weighted by atomic mass is 16.5. The number of ether oxygens (including phenoxy) is 1. The fourth-order valence-electron chi connectivity index (χ4n) is 3.92. The molecule has 0 N–H and O–H groups in total. The SMILES string of the molecule is COc1ccc(-n2ccc(C=C3C(=O)N(c4ccccc4)C(=O)N(c4ccccc4)C3=O)c2)cc1. The maximum absolute atomic E-state index is 13.4. The first kappa shape index (κ1) is 21.9. The van der Waals surface area contributed by atoms with Crippen LogP contribution in [0.4, 0.5) is 16.2 Å². The summed E-state index contributed by atoms with van der Waals surface area (Å²) in [6.07, 6.45) is 5.16. The van der Waals surface area contributed by atoms with Crippen molar-refractivity contribution >= 4 is 35.3 Å². The van der Waals surface area contributed by atoms with Crippen molar-refractivity contribution in [1.82, 2.24) is 4.57 Å². The van der Waals surface area contributed by atoms with Gasteiger partial charge in [0.1, 0.15) is 11.3 Å². The Morgan fingerprint density at radius 2 is 1.20 bits per heavy atom. The maximum Gasteiger partial charge on any atom is 0.343 e. The number of imide groups is 2. The van der Waals surface area contributed by atoms with Crippen molar-refractivity contribution in [3.63, 3.8) is 0 Å². The monoisotopic (exact) mass is 463 g/mol. The molecular weight excluding hydrogens is 442 g/mol. The summed E-state index contributed by atoms with van der Waals surface area (Å²) in [7, 11) is 1.61. The van der Waals surface area contributed by atoms with Crippen molar-refractivity contribution in [1.29, 1.82) is 0 Å². The van der Waals surface area contributed by atoms with Crippen LogP contribution in [0.3, 0.4) is 0 Å². The number of hydrogen-bond donors (Lipinski definition) is 0. The average Bonchev–Trinajstić information content (AvgIpc) is 3.37. The van der Waals surface area contributed by atoms with Gasteiger partial charge in [-0.25, -0.2) is 14.6 Å². The standard InChI is InChI=1S/C28H21N3O4/c1-35-24-14-12-21(13-15-24)29-17-16-20(19-29)18-25-26(32)30(22-8-4-2-5-9-22)28(34)31(27(25)33)23-10-6-3-7-11-23/h2-19H,1H3. The molecule has 0 unspecified atom stereocenters. The van der Waals surface area contributed by atoms with Crippen LogP contribution in [0.5, 0.6) is 5.75 Å². The van der Waals surface area contributed by atoms with E-state index >= 15 is 0 Å². The lowest BCUT2D eigenvalue weighted by molar-refractivity contribution is -0.121. The van der Waals surface area contributed by atoms with E-state index in [1.54, 1.807) is 73.8 Å². The van der Waals surface area contributed by atoms with E-state index in [0.717, 1.165) is 21.2 Å². The summed E-state index contributed by atoms with van der Waals surface area (Å²) in [5, 5.41) is 0. The Morgan fingerprint density at radius 1 is 0.657 bits per heavy atom. The number of anilines is 2. The van der Waals surface area contributed by atoms with Crippen molar-refractivity contribution in [2.45, 2.75) is 0 Å². The van der Waals surface area contributed by atoms with Gasteiger partial charge in [0.15, 0.2) is 0 Å². The topological polar surface area (TPSA) is 71.8 Å². The second-order valence-electron chi connectivity index (χ2n) is 7.84. The number of rotatable bonds is 5. The van der Waals surface area contributed by atoms with Gasteiger partial charge in [0.05, 0.1) is 18.5 Å². The molecule has 0 radical (unpaired) electrons. The van der Waals surface area contributed by atoms with Crippen LogP contribution in [0.1, 0.15) is 5.56 Å². The zero-order valence-corrected chi connectivity index (χ0v) is 18.9. The summed E-state index contributed by atoms with van der Waals surface area (Å²) in [6.45, 7) is 0. The Balaban J connectivity index is 1.56. The highest BCUT2D eigenvalue weighted by molar-refractivity contribution is 6.46. The molecule has 0 spiro atoms. The lowest BCUT2D eigenvalue weighted by Gasteiger charge is -2.33. The normalized spacial score (nSPS) is 13.9. The zero-order valence-electron chi connectivity index (χ0n) is 18.9. The van der Waals surface area contributed by atoms with Gasteiger partial charge in [0.2, 0.25) is 0 Å². The van der Waals surface area contributed by atoms with Gasteiger partial charge in [-0.2, -0.15) is 0 Å². The highest BCUT2D eigenvalue weighted by Crippen LogP contribution is 2.29. The van der Waals surface area contributed by atoms with Crippen molar-refractivity contribution in [2.24, 2.45) is 0 Å². The lowest BCUT2D eigenvalue weighted by Crippen LogP contribution is -2.57. The van der Waals surface area contributed by atoms with Gasteiger partial charge in [-0.1, -0.05) is 36.4 Å². The molecule has 1 aliphatic heterocycles. The molecule has 0 bridgehead atoms. The van der Waals surface area contributed by atoms with Gasteiger partial charge in [0.25, 0.3) is 11.8 Å². The minimum Gasteiger partial charge on any atom is -0.497 e. The number of aromatic nitrogens is 1. The molecule has 7 heteroatoms. The van der Waals surface area contributed by atoms with Crippen LogP contribution < -0.4 is 14.5 Å². The molecular formula is C28H21N3O4. The van der Waals surface area contributed by atoms with E-state index in [9.17, 15) is 14.4 Å². The van der Waals surface area contributed by atoms with Gasteiger partial charge in [0, 0.05) is 18.1 Å². The van der Waals surface area contributed by atoms with Crippen LogP contribution in [-0.4, -0.2) is 29.5 Å². The second kappa shape index (κ2) is 9.15. The van der Waals surface area contributed by atoms with E-state index in [2.05, 4.69) is 0 Å². The molecule has 35 heavy (non-hydrogen) atoms. The molecule has 5 rings (SSSR count). The third-order valence-electron chi connectivity index (χ3n) is 5.68. The number of barbiturate groups is 1. The Hall–Kier alpha value is -4.91. The summed E-state index contributed by atoms with van der Waals surface area (Å²) >= 11 is 0. The van der Waals surface area contributed by atoms with Crippen molar-refractivity contribution in [3.8, 4) is 11.4 Å². The van der Waals surface area contributed by atoms with Crippen LogP contribution in [0.2, 0.25) is 0 Å². The molecule has 1 aliphatic rings. The number of amides is 4. The minimum atomic E-state index is -0.717. The molecule has 172 valence electrons. The van der Waals surface area contributed by atoms with Crippen molar-refractivity contribution < 1.29 is 19.1 Å². The maximum atomic E-state index is 13.4. The Bertz CT molecular complexity index is 1360. The number of methoxy groups -OCH3 is 1. The first-order valence-corrected chi connectivity index (χ1v) is 10.9. The van der Waals surface area contributed by atoms with Crippen LogP contribution in [0.15, 0.2) is 109 Å². The van der Waals surface area contributed by atoms with E-state index in [-0.39, 0.29) is 5.57 Å². The second-order valence-corrected chi connectivity index (χ2v) is 7.84. The van der Waals surface area contributed by atoms with Crippen molar-refractivity contribution in [3.05, 3.63) is 115 Å². The molecule has 1 saturated heterocycles. The molecule has 0 saturated carbocycles. The molecule has 1 fully saturated rings. The van der Waals surface area contributed by atoms with Gasteiger partial charge in [-0.3, -0.25) is 9.59 Å². The van der Waals surface area contributed by atoms with Crippen LogP contribution in [0.25, 0.3) is 11.8 Å². The molecule has 0 aliphatic carbocycles. The minimum absolute atomic E-state index is 0.107. The third-order valence-corrected chi connectivity index (χ3v) is 5.68. The quantitative estimate of drug-likeness (QED) is 0.306. The molecule has 3 aromatic carbocycles. The van der Waals surface area contributed by atoms with Gasteiger partial charge < -0.3 is 9.30 Å². The zero-order chi connectivity index (χ0) is 24.4. The molecule has 7 nitrogen and oxygen atoms in total. The molecule has 4 aromatic rings. The summed E-state index contributed by atoms with van der Waals surface area (Å²) in [4.78, 5) is 42.3. The van der Waals surface area contributed by atoms with Crippen LogP contribution in [-0.2, 0) is 9.59 Å². The number of carbonyl (C=O) groups is 3. The molecule has 0 atom stereocenters. The average molecular weight is 463 g/mol. The van der Waals surface area contributed by atoms with E-state index < -0.39 is 17.8 Å². The lowest BCUT2D eigenvalue weighted by atomic mass is 10.1.